The molecule has 3 atom stereocenters. The highest BCUT2D eigenvalue weighted by Gasteiger charge is 2.54. The minimum atomic E-state index is -0.522. The van der Waals surface area contributed by atoms with E-state index in [2.05, 4.69) is 74.5 Å². The lowest BCUT2D eigenvalue weighted by molar-refractivity contribution is -0.158. The van der Waals surface area contributed by atoms with Crippen molar-refractivity contribution in [2.45, 2.75) is 38.5 Å². The van der Waals surface area contributed by atoms with E-state index in [4.69, 9.17) is 14.7 Å². The van der Waals surface area contributed by atoms with Crippen LogP contribution in [0, 0.1) is 11.3 Å². The van der Waals surface area contributed by atoms with Crippen molar-refractivity contribution in [2.24, 2.45) is 11.3 Å². The molecule has 0 saturated heterocycles. The first-order valence-electron chi connectivity index (χ1n) is 12.1. The number of hydrogen-bond donors (Lipinski definition) is 0. The number of esters is 1. The Morgan fingerprint density at radius 2 is 1.71 bits per heavy atom. The molecule has 3 aromatic carbocycles. The third-order valence-corrected chi connectivity index (χ3v) is 8.78. The molecule has 168 valence electrons. The molecule has 3 aliphatic rings. The molecule has 1 unspecified atom stereocenters. The van der Waals surface area contributed by atoms with Gasteiger partial charge in [0, 0.05) is 33.4 Å². The number of rotatable bonds is 1. The molecule has 0 bridgehead atoms. The van der Waals surface area contributed by atoms with Gasteiger partial charge in [-0.25, -0.2) is 9.97 Å². The van der Waals surface area contributed by atoms with Gasteiger partial charge in [0.15, 0.2) is 0 Å². The predicted molar refractivity (Wildman–Crippen MR) is 135 cm³/mol. The number of carbonyl (C=O) groups is 1. The van der Waals surface area contributed by atoms with Gasteiger partial charge in [0.1, 0.15) is 0 Å². The zero-order chi connectivity index (χ0) is 23.2. The highest BCUT2D eigenvalue weighted by atomic mass is 16.5. The molecule has 1 heterocycles. The summed E-state index contributed by atoms with van der Waals surface area (Å²) in [6.45, 7) is 4.38. The van der Waals surface area contributed by atoms with Crippen LogP contribution in [-0.2, 0) is 14.9 Å². The maximum Gasteiger partial charge on any atom is 0.312 e. The predicted octanol–water partition coefficient (Wildman–Crippen LogP) is 6.69. The molecule has 34 heavy (non-hydrogen) atoms. The Morgan fingerprint density at radius 3 is 2.44 bits per heavy atom. The molecule has 1 aromatic heterocycles. The lowest BCUT2D eigenvalue weighted by Gasteiger charge is -2.51. The SMILES string of the molecule is COC(=O)[C@]1(C)CCC[C@]2(C)c3ccc4nc5c(nc4c3C=CC12)-c1cccc2cccc-5c12. The minimum absolute atomic E-state index is 0.0894. The van der Waals surface area contributed by atoms with E-state index in [-0.39, 0.29) is 17.3 Å². The van der Waals surface area contributed by atoms with Crippen molar-refractivity contribution in [1.29, 1.82) is 0 Å². The van der Waals surface area contributed by atoms with Gasteiger partial charge in [-0.3, -0.25) is 4.79 Å². The summed E-state index contributed by atoms with van der Waals surface area (Å²) >= 11 is 0. The van der Waals surface area contributed by atoms with Crippen LogP contribution in [0.3, 0.4) is 0 Å². The Labute approximate surface area is 198 Å². The molecule has 4 aromatic rings. The summed E-state index contributed by atoms with van der Waals surface area (Å²) in [4.78, 5) is 23.2. The number of allylic oxidation sites excluding steroid dienone is 1. The second-order valence-electron chi connectivity index (χ2n) is 10.5. The Morgan fingerprint density at radius 1 is 0.971 bits per heavy atom. The quantitative estimate of drug-likeness (QED) is 0.269. The van der Waals surface area contributed by atoms with E-state index in [0.717, 1.165) is 52.8 Å². The zero-order valence-corrected chi connectivity index (χ0v) is 19.7. The number of fused-ring (bicyclic) bond motifs is 8. The van der Waals surface area contributed by atoms with Crippen molar-refractivity contribution in [3.63, 3.8) is 0 Å². The second kappa shape index (κ2) is 6.53. The van der Waals surface area contributed by atoms with Gasteiger partial charge in [0.2, 0.25) is 0 Å². The first-order valence-corrected chi connectivity index (χ1v) is 12.1. The Hall–Kier alpha value is -3.53. The molecule has 0 aliphatic heterocycles. The molecule has 4 nitrogen and oxygen atoms in total. The molecule has 0 radical (unpaired) electrons. The summed E-state index contributed by atoms with van der Waals surface area (Å²) in [5.74, 6) is -0.0210. The molecule has 1 fully saturated rings. The summed E-state index contributed by atoms with van der Waals surface area (Å²) in [6, 6.07) is 17.2. The van der Waals surface area contributed by atoms with Crippen LogP contribution in [0.2, 0.25) is 0 Å². The third kappa shape index (κ3) is 2.31. The molecular formula is C30H26N2O2. The number of ether oxygens (including phenoxy) is 1. The van der Waals surface area contributed by atoms with Crippen LogP contribution in [0.4, 0.5) is 0 Å². The molecule has 4 heteroatoms. The minimum Gasteiger partial charge on any atom is -0.469 e. The average Bonchev–Trinajstić information content (AvgIpc) is 3.16. The van der Waals surface area contributed by atoms with Gasteiger partial charge in [0.25, 0.3) is 0 Å². The van der Waals surface area contributed by atoms with E-state index in [9.17, 15) is 4.79 Å². The number of aromatic nitrogens is 2. The number of benzene rings is 3. The van der Waals surface area contributed by atoms with Gasteiger partial charge < -0.3 is 4.74 Å². The van der Waals surface area contributed by atoms with Gasteiger partial charge in [-0.1, -0.05) is 68.0 Å². The second-order valence-corrected chi connectivity index (χ2v) is 10.5. The van der Waals surface area contributed by atoms with Crippen LogP contribution in [0.15, 0.2) is 54.6 Å². The first kappa shape index (κ1) is 19.9. The normalized spacial score (nSPS) is 26.3. The van der Waals surface area contributed by atoms with Gasteiger partial charge in [-0.05, 0) is 36.8 Å². The van der Waals surface area contributed by atoms with Crippen LogP contribution >= 0.6 is 0 Å². The van der Waals surface area contributed by atoms with Crippen LogP contribution < -0.4 is 0 Å². The Balaban J connectivity index is 1.47. The van der Waals surface area contributed by atoms with Crippen molar-refractivity contribution in [2.75, 3.05) is 7.11 Å². The topological polar surface area (TPSA) is 52.1 Å². The van der Waals surface area contributed by atoms with Crippen molar-refractivity contribution < 1.29 is 9.53 Å². The Kier molecular flexibility index (Phi) is 3.82. The number of carbonyl (C=O) groups excluding carboxylic acids is 1. The smallest absolute Gasteiger partial charge is 0.312 e. The van der Waals surface area contributed by atoms with Gasteiger partial charge >= 0.3 is 5.97 Å². The van der Waals surface area contributed by atoms with E-state index in [0.29, 0.717) is 0 Å². The van der Waals surface area contributed by atoms with Crippen LogP contribution in [0.1, 0.15) is 44.2 Å². The summed E-state index contributed by atoms with van der Waals surface area (Å²) in [5.41, 5.74) is 7.87. The van der Waals surface area contributed by atoms with Gasteiger partial charge in [-0.2, -0.15) is 0 Å². The monoisotopic (exact) mass is 446 g/mol. The van der Waals surface area contributed by atoms with Crippen molar-refractivity contribution in [3.05, 3.63) is 65.7 Å². The third-order valence-electron chi connectivity index (χ3n) is 8.78. The molecule has 0 N–H and O–H groups in total. The number of hydrogen-bond acceptors (Lipinski definition) is 4. The van der Waals surface area contributed by atoms with Crippen LogP contribution in [0.5, 0.6) is 0 Å². The summed E-state index contributed by atoms with van der Waals surface area (Å²) in [7, 11) is 1.50. The lowest BCUT2D eigenvalue weighted by atomic mass is 9.51. The van der Waals surface area contributed by atoms with E-state index < -0.39 is 5.41 Å². The number of methoxy groups -OCH3 is 1. The maximum atomic E-state index is 12.9. The highest BCUT2D eigenvalue weighted by Crippen LogP contribution is 2.57. The standard InChI is InChI=1S/C30H26N2O2/c1-29-15-6-16-30(2,28(33)34-3)23(29)14-11-18-21(29)12-13-22-25(18)32-27-20-10-5-8-17-7-4-9-19(24(17)20)26(27)31-22/h4-5,7-14,23H,6,15-16H2,1-3H3/t23?,29-,30-/m1/s1. The van der Waals surface area contributed by atoms with E-state index in [1.54, 1.807) is 0 Å². The molecule has 1 saturated carbocycles. The first-order chi connectivity index (χ1) is 16.5. The van der Waals surface area contributed by atoms with Crippen molar-refractivity contribution in [3.8, 4) is 22.5 Å². The molecule has 0 amide bonds. The van der Waals surface area contributed by atoms with Gasteiger partial charge in [0.05, 0.1) is 34.9 Å². The highest BCUT2D eigenvalue weighted by molar-refractivity contribution is 6.14. The number of nitrogens with zero attached hydrogens (tertiary/aromatic N) is 2. The largest absolute Gasteiger partial charge is 0.469 e. The summed E-state index contributed by atoms with van der Waals surface area (Å²) in [5, 5.41) is 2.47. The average molecular weight is 447 g/mol. The summed E-state index contributed by atoms with van der Waals surface area (Å²) in [6.07, 6.45) is 7.30. The molecule has 7 rings (SSSR count). The molecule has 3 aliphatic carbocycles. The molecule has 0 spiro atoms. The van der Waals surface area contributed by atoms with Crippen molar-refractivity contribution >= 4 is 33.9 Å². The van der Waals surface area contributed by atoms with Crippen LogP contribution in [-0.4, -0.2) is 23.0 Å². The zero-order valence-electron chi connectivity index (χ0n) is 19.7. The fourth-order valence-corrected chi connectivity index (χ4v) is 7.14. The fourth-order valence-electron chi connectivity index (χ4n) is 7.14. The lowest BCUT2D eigenvalue weighted by Crippen LogP contribution is -2.50. The maximum absolute atomic E-state index is 12.9. The van der Waals surface area contributed by atoms with E-state index in [1.165, 1.54) is 29.0 Å². The fraction of sp³-hybridized carbons (Fsp3) is 0.300. The van der Waals surface area contributed by atoms with Crippen LogP contribution in [0.25, 0.3) is 50.4 Å². The van der Waals surface area contributed by atoms with E-state index in [1.807, 2.05) is 0 Å². The molecular weight excluding hydrogens is 420 g/mol. The van der Waals surface area contributed by atoms with Crippen molar-refractivity contribution in [1.82, 2.24) is 9.97 Å². The van der Waals surface area contributed by atoms with E-state index >= 15 is 0 Å². The van der Waals surface area contributed by atoms with Gasteiger partial charge in [-0.15, -0.1) is 0 Å². The Bertz CT molecular complexity index is 1580. The summed E-state index contributed by atoms with van der Waals surface area (Å²) < 4.78 is 5.26.